The number of ether oxygens (including phenoxy) is 2. The second kappa shape index (κ2) is 6.95. The highest BCUT2D eigenvalue weighted by Gasteiger charge is 2.63. The van der Waals surface area contributed by atoms with Gasteiger partial charge in [0.1, 0.15) is 17.4 Å². The first-order chi connectivity index (χ1) is 13.8. The Hall–Kier alpha value is -3.29. The molecule has 1 saturated heterocycles. The Morgan fingerprint density at radius 1 is 1.10 bits per heavy atom. The van der Waals surface area contributed by atoms with Gasteiger partial charge in [0.05, 0.1) is 0 Å². The number of hydrogen-bond acceptors (Lipinski definition) is 4. The molecule has 1 unspecified atom stereocenters. The zero-order valence-corrected chi connectivity index (χ0v) is 15.1. The van der Waals surface area contributed by atoms with Gasteiger partial charge in [0.25, 0.3) is 5.91 Å². The number of amides is 2. The molecule has 150 valence electrons. The fourth-order valence-corrected chi connectivity index (χ4v) is 3.50. The lowest BCUT2D eigenvalue weighted by molar-refractivity contribution is -0.274. The summed E-state index contributed by atoms with van der Waals surface area (Å²) in [5.74, 6) is -1.11. The van der Waals surface area contributed by atoms with Gasteiger partial charge in [-0.15, -0.1) is 13.2 Å². The highest BCUT2D eigenvalue weighted by atomic mass is 19.4. The molecule has 4 rings (SSSR count). The van der Waals surface area contributed by atoms with Gasteiger partial charge in [-0.1, -0.05) is 48.5 Å². The Morgan fingerprint density at radius 3 is 2.41 bits per heavy atom. The van der Waals surface area contributed by atoms with E-state index in [0.29, 0.717) is 12.8 Å². The van der Waals surface area contributed by atoms with Gasteiger partial charge >= 0.3 is 12.5 Å². The Bertz CT molecular complexity index is 967. The van der Waals surface area contributed by atoms with Gasteiger partial charge in [-0.25, -0.2) is 9.69 Å². The maximum absolute atomic E-state index is 12.8. The van der Waals surface area contributed by atoms with Gasteiger partial charge in [0, 0.05) is 11.6 Å². The largest absolute Gasteiger partial charge is 0.573 e. The minimum Gasteiger partial charge on any atom is -0.440 e. The van der Waals surface area contributed by atoms with Crippen LogP contribution in [-0.4, -0.2) is 28.9 Å². The van der Waals surface area contributed by atoms with Crippen molar-refractivity contribution in [2.45, 2.75) is 30.8 Å². The summed E-state index contributed by atoms with van der Waals surface area (Å²) in [5.41, 5.74) is 0.0979. The molecule has 2 aliphatic rings. The number of hydrogen-bond donors (Lipinski definition) is 0. The lowest BCUT2D eigenvalue weighted by Gasteiger charge is -2.22. The molecule has 0 N–H and O–H groups in total. The van der Waals surface area contributed by atoms with E-state index in [-0.39, 0.29) is 5.56 Å². The maximum Gasteiger partial charge on any atom is 0.573 e. The summed E-state index contributed by atoms with van der Waals surface area (Å²) in [6.07, 6.45) is -2.08. The topological polar surface area (TPSA) is 55.8 Å². The molecule has 2 fully saturated rings. The first-order valence-corrected chi connectivity index (χ1v) is 8.93. The van der Waals surface area contributed by atoms with E-state index < -0.39 is 35.8 Å². The first-order valence-electron chi connectivity index (χ1n) is 8.93. The van der Waals surface area contributed by atoms with E-state index in [2.05, 4.69) is 4.74 Å². The number of carbonyl (C=O) groups excluding carboxylic acids is 2. The minimum absolute atomic E-state index is 0.0585. The molecule has 0 aromatic heterocycles. The average molecular weight is 403 g/mol. The lowest BCUT2D eigenvalue weighted by Crippen LogP contribution is -2.34. The highest BCUT2D eigenvalue weighted by Crippen LogP contribution is 2.56. The lowest BCUT2D eigenvalue weighted by atomic mass is 9.99. The van der Waals surface area contributed by atoms with E-state index in [0.717, 1.165) is 22.6 Å². The quantitative estimate of drug-likeness (QED) is 0.685. The first kappa shape index (κ1) is 19.0. The Morgan fingerprint density at radius 2 is 1.76 bits per heavy atom. The molecule has 29 heavy (non-hydrogen) atoms. The van der Waals surface area contributed by atoms with Crippen LogP contribution in [0.4, 0.5) is 18.0 Å². The van der Waals surface area contributed by atoms with E-state index in [1.54, 1.807) is 12.1 Å². The van der Waals surface area contributed by atoms with Gasteiger partial charge in [0.15, 0.2) is 0 Å². The molecule has 2 amide bonds. The summed E-state index contributed by atoms with van der Waals surface area (Å²) in [7, 11) is 0. The number of para-hydroxylation sites is 1. The smallest absolute Gasteiger partial charge is 0.440 e. The molecule has 2 aromatic carbocycles. The number of halogens is 3. The van der Waals surface area contributed by atoms with Crippen LogP contribution in [0.3, 0.4) is 0 Å². The fraction of sp³-hybridized carbons (Fsp3) is 0.238. The third kappa shape index (κ3) is 3.83. The SMILES string of the molecule is O=C(C=Cc1ccccc1OC(F)(F)F)N1C(=O)OC2(CC2)C1c1ccccc1. The fourth-order valence-electron chi connectivity index (χ4n) is 3.50. The Kier molecular flexibility index (Phi) is 4.56. The van der Waals surface area contributed by atoms with Crippen molar-refractivity contribution in [3.8, 4) is 5.75 Å². The van der Waals surface area contributed by atoms with Crippen LogP contribution < -0.4 is 4.74 Å². The van der Waals surface area contributed by atoms with Gasteiger partial charge < -0.3 is 9.47 Å². The molecule has 1 spiro atoms. The normalized spacial score (nSPS) is 20.2. The minimum atomic E-state index is -4.86. The molecule has 1 atom stereocenters. The number of rotatable bonds is 4. The van der Waals surface area contributed by atoms with Crippen molar-refractivity contribution in [3.05, 3.63) is 71.8 Å². The van der Waals surface area contributed by atoms with Crippen LogP contribution in [0, 0.1) is 0 Å². The summed E-state index contributed by atoms with van der Waals surface area (Å²) in [6, 6.07) is 13.9. The molecule has 1 saturated carbocycles. The predicted octanol–water partition coefficient (Wildman–Crippen LogP) is 4.85. The number of carbonyl (C=O) groups is 2. The molecule has 8 heteroatoms. The second-order valence-electron chi connectivity index (χ2n) is 6.87. The summed E-state index contributed by atoms with van der Waals surface area (Å²) in [4.78, 5) is 26.2. The van der Waals surface area contributed by atoms with Gasteiger partial charge in [0.2, 0.25) is 0 Å². The van der Waals surface area contributed by atoms with E-state index in [4.69, 9.17) is 4.74 Å². The van der Waals surface area contributed by atoms with Gasteiger partial charge in [-0.2, -0.15) is 0 Å². The molecule has 1 heterocycles. The average Bonchev–Trinajstić information content (AvgIpc) is 3.37. The number of imide groups is 1. The van der Waals surface area contributed by atoms with Crippen molar-refractivity contribution in [1.29, 1.82) is 0 Å². The zero-order chi connectivity index (χ0) is 20.6. The standard InChI is InChI=1S/C21H16F3NO4/c22-21(23,24)28-16-9-5-4-6-14(16)10-11-17(26)25-18(15-7-2-1-3-8-15)20(12-13-20)29-19(25)27/h1-11,18H,12-13H2. The van der Waals surface area contributed by atoms with Crippen molar-refractivity contribution in [2.75, 3.05) is 0 Å². The molecule has 1 aliphatic heterocycles. The number of alkyl halides is 3. The Labute approximate surface area is 164 Å². The Balaban J connectivity index is 1.61. The van der Waals surface area contributed by atoms with Crippen LogP contribution >= 0.6 is 0 Å². The molecule has 2 aromatic rings. The van der Waals surface area contributed by atoms with Crippen LogP contribution in [0.5, 0.6) is 5.75 Å². The van der Waals surface area contributed by atoms with E-state index in [1.807, 2.05) is 18.2 Å². The van der Waals surface area contributed by atoms with Crippen LogP contribution in [0.1, 0.15) is 30.0 Å². The molecule has 5 nitrogen and oxygen atoms in total. The third-order valence-corrected chi connectivity index (χ3v) is 4.89. The van der Waals surface area contributed by atoms with Crippen LogP contribution in [0.15, 0.2) is 60.7 Å². The van der Waals surface area contributed by atoms with Crippen LogP contribution in [0.25, 0.3) is 6.08 Å². The van der Waals surface area contributed by atoms with Crippen molar-refractivity contribution in [1.82, 2.24) is 4.90 Å². The molecular weight excluding hydrogens is 387 g/mol. The number of nitrogens with zero attached hydrogens (tertiary/aromatic N) is 1. The predicted molar refractivity (Wildman–Crippen MR) is 96.6 cm³/mol. The van der Waals surface area contributed by atoms with Crippen molar-refractivity contribution in [2.24, 2.45) is 0 Å². The monoisotopic (exact) mass is 403 g/mol. The summed E-state index contributed by atoms with van der Waals surface area (Å²) in [5, 5.41) is 0. The van der Waals surface area contributed by atoms with Crippen molar-refractivity contribution in [3.63, 3.8) is 0 Å². The van der Waals surface area contributed by atoms with Crippen molar-refractivity contribution >= 4 is 18.1 Å². The van der Waals surface area contributed by atoms with Crippen LogP contribution in [-0.2, 0) is 9.53 Å². The van der Waals surface area contributed by atoms with Gasteiger partial charge in [-0.05, 0) is 30.5 Å². The molecular formula is C21H16F3NO4. The second-order valence-corrected chi connectivity index (χ2v) is 6.87. The van der Waals surface area contributed by atoms with Crippen molar-refractivity contribution < 1.29 is 32.2 Å². The summed E-state index contributed by atoms with van der Waals surface area (Å²) >= 11 is 0. The third-order valence-electron chi connectivity index (χ3n) is 4.89. The van der Waals surface area contributed by atoms with Gasteiger partial charge in [-0.3, -0.25) is 4.79 Å². The van der Waals surface area contributed by atoms with E-state index in [9.17, 15) is 22.8 Å². The zero-order valence-electron chi connectivity index (χ0n) is 15.1. The van der Waals surface area contributed by atoms with Crippen LogP contribution in [0.2, 0.25) is 0 Å². The van der Waals surface area contributed by atoms with E-state index in [1.165, 1.54) is 24.3 Å². The summed E-state index contributed by atoms with van der Waals surface area (Å²) in [6.45, 7) is 0. The van der Waals surface area contributed by atoms with E-state index >= 15 is 0 Å². The molecule has 0 bridgehead atoms. The maximum atomic E-state index is 12.8. The number of benzene rings is 2. The molecule has 0 radical (unpaired) electrons. The molecule has 1 aliphatic carbocycles. The summed E-state index contributed by atoms with van der Waals surface area (Å²) < 4.78 is 47.1. The highest BCUT2D eigenvalue weighted by molar-refractivity contribution is 6.02.